The third-order valence-electron chi connectivity index (χ3n) is 2.42. The van der Waals surface area contributed by atoms with E-state index in [1.54, 1.807) is 0 Å². The average molecular weight is 113 g/mol. The van der Waals surface area contributed by atoms with Crippen LogP contribution in [-0.2, 0) is 4.74 Å². The average Bonchev–Trinajstić information content (AvgIpc) is 2.36. The van der Waals surface area contributed by atoms with Gasteiger partial charge in [-0.05, 0) is 18.9 Å². The lowest BCUT2D eigenvalue weighted by Gasteiger charge is -2.26. The Labute approximate surface area is 49.0 Å². The Bertz CT molecular complexity index is 109. The van der Waals surface area contributed by atoms with Gasteiger partial charge in [0.25, 0.3) is 0 Å². The molecule has 2 aliphatic rings. The quantitative estimate of drug-likeness (QED) is 0.518. The van der Waals surface area contributed by atoms with E-state index >= 15 is 0 Å². The molecule has 46 valence electrons. The lowest BCUT2D eigenvalue weighted by atomic mass is 10.0. The summed E-state index contributed by atoms with van der Waals surface area (Å²) in [6, 6.07) is 0. The summed E-state index contributed by atoms with van der Waals surface area (Å²) in [6.07, 6.45) is 1.32. The van der Waals surface area contributed by atoms with E-state index < -0.39 is 0 Å². The predicted molar refractivity (Wildman–Crippen MR) is 30.4 cm³/mol. The Balaban J connectivity index is 1.93. The van der Waals surface area contributed by atoms with E-state index in [0.717, 1.165) is 25.7 Å². The first kappa shape index (κ1) is 4.77. The summed E-state index contributed by atoms with van der Waals surface area (Å²) in [7, 11) is 0. The van der Waals surface area contributed by atoms with Gasteiger partial charge >= 0.3 is 0 Å². The Hall–Kier alpha value is -0.0800. The highest BCUT2D eigenvalue weighted by Crippen LogP contribution is 2.56. The van der Waals surface area contributed by atoms with Gasteiger partial charge < -0.3 is 10.5 Å². The Morgan fingerprint density at radius 1 is 1.62 bits per heavy atom. The fourth-order valence-corrected chi connectivity index (χ4v) is 1.48. The molecule has 1 unspecified atom stereocenters. The summed E-state index contributed by atoms with van der Waals surface area (Å²) in [5, 5.41) is 0. The van der Waals surface area contributed by atoms with Crippen LogP contribution in [0, 0.1) is 11.3 Å². The second kappa shape index (κ2) is 1.25. The zero-order valence-electron chi connectivity index (χ0n) is 4.89. The summed E-state index contributed by atoms with van der Waals surface area (Å²) in [5.41, 5.74) is 6.06. The van der Waals surface area contributed by atoms with Gasteiger partial charge in [-0.3, -0.25) is 0 Å². The van der Waals surface area contributed by atoms with Crippen molar-refractivity contribution >= 4 is 0 Å². The van der Waals surface area contributed by atoms with E-state index in [4.69, 9.17) is 10.5 Å². The van der Waals surface area contributed by atoms with Gasteiger partial charge in [0, 0.05) is 5.41 Å². The molecule has 2 heteroatoms. The first-order valence-corrected chi connectivity index (χ1v) is 3.15. The number of hydrogen-bond donors (Lipinski definition) is 1. The molecule has 1 saturated heterocycles. The van der Waals surface area contributed by atoms with Crippen molar-refractivity contribution in [2.24, 2.45) is 17.1 Å². The first-order valence-electron chi connectivity index (χ1n) is 3.15. The smallest absolute Gasteiger partial charge is 0.0548 e. The van der Waals surface area contributed by atoms with Gasteiger partial charge in [-0.25, -0.2) is 0 Å². The second-order valence-corrected chi connectivity index (χ2v) is 2.99. The molecule has 2 rings (SSSR count). The van der Waals surface area contributed by atoms with Crippen LogP contribution in [0.1, 0.15) is 6.42 Å². The molecule has 2 fully saturated rings. The summed E-state index contributed by atoms with van der Waals surface area (Å²) in [4.78, 5) is 0. The first-order chi connectivity index (χ1) is 3.87. The standard InChI is InChI=1S/C6H11NO/c7-2-5-1-6(5)3-8-4-6/h5H,1-4,7H2. The van der Waals surface area contributed by atoms with Gasteiger partial charge in [-0.1, -0.05) is 0 Å². The molecule has 0 amide bonds. The normalized spacial score (nSPS) is 39.4. The van der Waals surface area contributed by atoms with Gasteiger partial charge in [0.2, 0.25) is 0 Å². The van der Waals surface area contributed by atoms with Crippen molar-refractivity contribution < 1.29 is 4.74 Å². The van der Waals surface area contributed by atoms with Crippen LogP contribution in [0.2, 0.25) is 0 Å². The molecule has 1 aliphatic carbocycles. The molecule has 0 aromatic heterocycles. The third kappa shape index (κ3) is 0.400. The van der Waals surface area contributed by atoms with Crippen LogP contribution in [0.5, 0.6) is 0 Å². The van der Waals surface area contributed by atoms with E-state index in [0.29, 0.717) is 5.41 Å². The molecule has 1 spiro atoms. The van der Waals surface area contributed by atoms with Gasteiger partial charge in [-0.15, -0.1) is 0 Å². The van der Waals surface area contributed by atoms with Crippen molar-refractivity contribution in [3.05, 3.63) is 0 Å². The predicted octanol–water partition coefficient (Wildman–Crippen LogP) is -0.0184. The highest BCUT2D eigenvalue weighted by molar-refractivity contribution is 5.06. The fourth-order valence-electron chi connectivity index (χ4n) is 1.48. The minimum absolute atomic E-state index is 0.592. The van der Waals surface area contributed by atoms with Crippen LogP contribution in [0.15, 0.2) is 0 Å². The maximum Gasteiger partial charge on any atom is 0.0548 e. The van der Waals surface area contributed by atoms with E-state index in [9.17, 15) is 0 Å². The molecule has 1 aliphatic heterocycles. The lowest BCUT2D eigenvalue weighted by Crippen LogP contribution is -2.32. The lowest BCUT2D eigenvalue weighted by molar-refractivity contribution is -0.0579. The van der Waals surface area contributed by atoms with Crippen molar-refractivity contribution in [1.82, 2.24) is 0 Å². The number of hydrogen-bond acceptors (Lipinski definition) is 2. The second-order valence-electron chi connectivity index (χ2n) is 2.99. The molecule has 0 bridgehead atoms. The Morgan fingerprint density at radius 2 is 2.38 bits per heavy atom. The third-order valence-corrected chi connectivity index (χ3v) is 2.42. The molecular weight excluding hydrogens is 102 g/mol. The van der Waals surface area contributed by atoms with Crippen molar-refractivity contribution in [1.29, 1.82) is 0 Å². The summed E-state index contributed by atoms with van der Waals surface area (Å²) < 4.78 is 5.08. The van der Waals surface area contributed by atoms with Gasteiger partial charge in [-0.2, -0.15) is 0 Å². The monoisotopic (exact) mass is 113 g/mol. The molecule has 1 heterocycles. The molecule has 8 heavy (non-hydrogen) atoms. The van der Waals surface area contributed by atoms with E-state index in [1.165, 1.54) is 6.42 Å². The van der Waals surface area contributed by atoms with Crippen molar-refractivity contribution in [3.8, 4) is 0 Å². The van der Waals surface area contributed by atoms with Crippen LogP contribution in [0.3, 0.4) is 0 Å². The molecule has 2 N–H and O–H groups in total. The zero-order chi connectivity index (χ0) is 5.61. The van der Waals surface area contributed by atoms with Crippen LogP contribution in [0.4, 0.5) is 0 Å². The molecule has 1 saturated carbocycles. The van der Waals surface area contributed by atoms with Crippen LogP contribution >= 0.6 is 0 Å². The highest BCUT2D eigenvalue weighted by atomic mass is 16.5. The van der Waals surface area contributed by atoms with Gasteiger partial charge in [0.1, 0.15) is 0 Å². The minimum atomic E-state index is 0.592. The van der Waals surface area contributed by atoms with Crippen LogP contribution < -0.4 is 5.73 Å². The van der Waals surface area contributed by atoms with E-state index in [2.05, 4.69) is 0 Å². The van der Waals surface area contributed by atoms with E-state index in [1.807, 2.05) is 0 Å². The largest absolute Gasteiger partial charge is 0.380 e. The molecular formula is C6H11NO. The van der Waals surface area contributed by atoms with E-state index in [-0.39, 0.29) is 0 Å². The summed E-state index contributed by atoms with van der Waals surface area (Å²) in [6.45, 7) is 2.83. The Kier molecular flexibility index (Phi) is 0.746. The SMILES string of the molecule is NCC1CC12COC2. The maximum atomic E-state index is 5.46. The van der Waals surface area contributed by atoms with Gasteiger partial charge in [0.05, 0.1) is 13.2 Å². The van der Waals surface area contributed by atoms with Crippen molar-refractivity contribution in [3.63, 3.8) is 0 Å². The maximum absolute atomic E-state index is 5.46. The van der Waals surface area contributed by atoms with Crippen LogP contribution in [-0.4, -0.2) is 19.8 Å². The molecule has 1 atom stereocenters. The van der Waals surface area contributed by atoms with Crippen LogP contribution in [0.25, 0.3) is 0 Å². The molecule has 2 nitrogen and oxygen atoms in total. The van der Waals surface area contributed by atoms with Gasteiger partial charge in [0.15, 0.2) is 0 Å². The fraction of sp³-hybridized carbons (Fsp3) is 1.00. The Morgan fingerprint density at radius 3 is 2.50 bits per heavy atom. The number of nitrogens with two attached hydrogens (primary N) is 1. The number of ether oxygens (including phenoxy) is 1. The van der Waals surface area contributed by atoms with Crippen molar-refractivity contribution in [2.75, 3.05) is 19.8 Å². The summed E-state index contributed by atoms with van der Waals surface area (Å²) >= 11 is 0. The number of rotatable bonds is 1. The zero-order valence-corrected chi connectivity index (χ0v) is 4.89. The molecule has 0 radical (unpaired) electrons. The molecule has 0 aromatic carbocycles. The molecule has 0 aromatic rings. The minimum Gasteiger partial charge on any atom is -0.380 e. The van der Waals surface area contributed by atoms with Crippen molar-refractivity contribution in [2.45, 2.75) is 6.42 Å². The highest BCUT2D eigenvalue weighted by Gasteiger charge is 2.58. The topological polar surface area (TPSA) is 35.2 Å². The summed E-state index contributed by atoms with van der Waals surface area (Å²) in [5.74, 6) is 0.802.